The van der Waals surface area contributed by atoms with E-state index in [0.717, 1.165) is 16.6 Å². The summed E-state index contributed by atoms with van der Waals surface area (Å²) in [6, 6.07) is 1.92. The lowest BCUT2D eigenvalue weighted by molar-refractivity contribution is 0.910. The fraction of sp³-hybridized carbons (Fsp3) is 0.308. The Balaban J connectivity index is 2.60. The molecule has 0 saturated heterocycles. The highest BCUT2D eigenvalue weighted by Gasteiger charge is 2.18. The first kappa shape index (κ1) is 14.6. The van der Waals surface area contributed by atoms with Crippen LogP contribution in [0.25, 0.3) is 37.6 Å². The van der Waals surface area contributed by atoms with Crippen LogP contribution in [0, 0.1) is 13.8 Å². The monoisotopic (exact) mass is 308 g/mol. The summed E-state index contributed by atoms with van der Waals surface area (Å²) in [5.74, 6) is 0.448. The molecule has 0 aliphatic carbocycles. The average Bonchev–Trinajstić information content (AvgIpc) is 2.86. The fourth-order valence-corrected chi connectivity index (χ4v) is 2.65. The highest BCUT2D eigenvalue weighted by atomic mass is 15.3. The lowest BCUT2D eigenvalue weighted by Crippen LogP contribution is -1.97. The molecule has 0 amide bonds. The molecule has 3 aromatic heterocycles. The second-order valence-electron chi connectivity index (χ2n) is 4.98. The van der Waals surface area contributed by atoms with Gasteiger partial charge in [-0.1, -0.05) is 6.92 Å². The van der Waals surface area contributed by atoms with Crippen molar-refractivity contribution in [2.24, 2.45) is 10.2 Å². The summed E-state index contributed by atoms with van der Waals surface area (Å²) in [4.78, 5) is 14.5. The summed E-state index contributed by atoms with van der Waals surface area (Å²) in [6.45, 7) is 5.65. The molecule has 0 unspecified atom stereocenters. The Labute approximate surface area is 130 Å². The Hall–Kier alpha value is -3.35. The van der Waals surface area contributed by atoms with Crippen LogP contribution in [0.3, 0.4) is 0 Å². The number of rotatable bonds is 3. The molecule has 0 N–H and O–H groups in total. The largest absolute Gasteiger partial charge is 0.232 e. The number of aryl methyl sites for hydroxylation is 2. The molecule has 0 spiro atoms. The van der Waals surface area contributed by atoms with Crippen molar-refractivity contribution in [3.05, 3.63) is 43.8 Å². The molecule has 0 aliphatic heterocycles. The molecule has 0 bridgehead atoms. The normalized spacial score (nSPS) is 10.6. The first-order valence-corrected chi connectivity index (χ1v) is 6.90. The summed E-state index contributed by atoms with van der Waals surface area (Å²) >= 11 is 0. The van der Waals surface area contributed by atoms with Crippen LogP contribution in [0.2, 0.25) is 0 Å². The molecule has 23 heavy (non-hydrogen) atoms. The fourth-order valence-electron chi connectivity index (χ4n) is 2.65. The molecule has 0 atom stereocenters. The van der Waals surface area contributed by atoms with Gasteiger partial charge < -0.3 is 0 Å². The molecule has 0 radical (unpaired) electrons. The minimum absolute atomic E-state index is 0.187. The van der Waals surface area contributed by atoms with Gasteiger partial charge in [-0.25, -0.2) is 14.5 Å². The molecule has 3 heterocycles. The lowest BCUT2D eigenvalue weighted by atomic mass is 10.1. The number of nitrogens with zero attached hydrogens (tertiary/aromatic N) is 10. The van der Waals surface area contributed by atoms with Gasteiger partial charge in [0.15, 0.2) is 11.3 Å². The van der Waals surface area contributed by atoms with E-state index in [0.29, 0.717) is 23.3 Å². The van der Waals surface area contributed by atoms with Crippen molar-refractivity contribution < 1.29 is 0 Å². The van der Waals surface area contributed by atoms with Crippen LogP contribution in [-0.4, -0.2) is 19.6 Å². The minimum atomic E-state index is 0.187. The average molecular weight is 308 g/mol. The number of hydrogen-bond acceptors (Lipinski definition) is 5. The Bertz CT molecular complexity index is 1030. The maximum Gasteiger partial charge on any atom is 0.184 e. The lowest BCUT2D eigenvalue weighted by Gasteiger charge is -2.07. The van der Waals surface area contributed by atoms with Crippen molar-refractivity contribution >= 4 is 28.3 Å². The third-order valence-electron chi connectivity index (χ3n) is 3.53. The topological polar surface area (TPSA) is 141 Å². The smallest absolute Gasteiger partial charge is 0.184 e. The van der Waals surface area contributed by atoms with E-state index in [-0.39, 0.29) is 11.6 Å². The Morgan fingerprint density at radius 1 is 1.17 bits per heavy atom. The maximum atomic E-state index is 8.87. The van der Waals surface area contributed by atoms with Crippen LogP contribution in [0.5, 0.6) is 0 Å². The van der Waals surface area contributed by atoms with Crippen LogP contribution >= 0.6 is 0 Å². The highest BCUT2D eigenvalue weighted by molar-refractivity contribution is 5.94. The number of fused-ring (bicyclic) bond motifs is 3. The van der Waals surface area contributed by atoms with Crippen LogP contribution in [0.4, 0.5) is 11.6 Å². The summed E-state index contributed by atoms with van der Waals surface area (Å²) < 4.78 is 1.46. The Morgan fingerprint density at radius 3 is 2.57 bits per heavy atom. The van der Waals surface area contributed by atoms with E-state index in [1.807, 2.05) is 26.8 Å². The van der Waals surface area contributed by atoms with E-state index in [4.69, 9.17) is 11.1 Å². The van der Waals surface area contributed by atoms with Crippen molar-refractivity contribution in [3.63, 3.8) is 0 Å². The molecule has 0 aliphatic rings. The van der Waals surface area contributed by atoms with Gasteiger partial charge >= 0.3 is 0 Å². The molecule has 10 heteroatoms. The van der Waals surface area contributed by atoms with Gasteiger partial charge in [-0.15, -0.1) is 5.10 Å². The SMILES string of the molecule is CCc1c(N=[N+]=[N-])nc2c3c(C)cc(C)nc3nn2c1N=[N+]=[N-]. The summed E-state index contributed by atoms with van der Waals surface area (Å²) in [6.07, 6.45) is 0.479. The summed E-state index contributed by atoms with van der Waals surface area (Å²) in [7, 11) is 0. The zero-order chi connectivity index (χ0) is 16.6. The molecule has 3 rings (SSSR count). The Kier molecular flexibility index (Phi) is 3.46. The number of aromatic nitrogens is 4. The molecule has 0 fully saturated rings. The van der Waals surface area contributed by atoms with E-state index in [1.165, 1.54) is 4.52 Å². The van der Waals surface area contributed by atoms with Crippen LogP contribution in [0.15, 0.2) is 16.3 Å². The van der Waals surface area contributed by atoms with Gasteiger partial charge in [-0.2, -0.15) is 0 Å². The molecule has 10 nitrogen and oxygen atoms in total. The van der Waals surface area contributed by atoms with E-state index in [1.54, 1.807) is 0 Å². The van der Waals surface area contributed by atoms with Gasteiger partial charge in [0, 0.05) is 21.1 Å². The molecule has 114 valence electrons. The first-order chi connectivity index (χ1) is 11.1. The van der Waals surface area contributed by atoms with Gasteiger partial charge in [0.1, 0.15) is 11.6 Å². The van der Waals surface area contributed by atoms with Crippen molar-refractivity contribution in [1.82, 2.24) is 19.6 Å². The molecule has 0 aromatic carbocycles. The quantitative estimate of drug-likeness (QED) is 0.403. The standard InChI is InChI=1S/C13H12N10/c1-4-8-10(18-21-14)17-13-9-6(2)5-7(3)16-11(9)20-23(13)12(8)19-22-15/h5H,4H2,1-3H3. The van der Waals surface area contributed by atoms with Crippen molar-refractivity contribution in [2.45, 2.75) is 27.2 Å². The second-order valence-corrected chi connectivity index (χ2v) is 4.98. The zero-order valence-corrected chi connectivity index (χ0v) is 12.8. The van der Waals surface area contributed by atoms with Gasteiger partial charge in [0.2, 0.25) is 0 Å². The van der Waals surface area contributed by atoms with Gasteiger partial charge in [0.05, 0.1) is 5.39 Å². The van der Waals surface area contributed by atoms with E-state index >= 15 is 0 Å². The van der Waals surface area contributed by atoms with E-state index in [9.17, 15) is 0 Å². The third-order valence-corrected chi connectivity index (χ3v) is 3.53. The van der Waals surface area contributed by atoms with Crippen molar-refractivity contribution in [3.8, 4) is 0 Å². The predicted octanol–water partition coefficient (Wildman–Crippen LogP) is 4.34. The second kappa shape index (κ2) is 5.45. The number of hydrogen-bond donors (Lipinski definition) is 0. The van der Waals surface area contributed by atoms with Gasteiger partial charge in [-0.3, -0.25) is 0 Å². The number of pyridine rings is 1. The van der Waals surface area contributed by atoms with Gasteiger partial charge in [-0.05, 0) is 53.2 Å². The summed E-state index contributed by atoms with van der Waals surface area (Å²) in [5.41, 5.74) is 20.9. The molecular weight excluding hydrogens is 296 g/mol. The van der Waals surface area contributed by atoms with Gasteiger partial charge in [0.25, 0.3) is 0 Å². The van der Waals surface area contributed by atoms with Crippen LogP contribution in [-0.2, 0) is 6.42 Å². The molecular formula is C13H12N10. The number of azide groups is 2. The van der Waals surface area contributed by atoms with Crippen molar-refractivity contribution in [2.75, 3.05) is 0 Å². The third kappa shape index (κ3) is 2.18. The molecule has 3 aromatic rings. The van der Waals surface area contributed by atoms with Crippen LogP contribution < -0.4 is 0 Å². The molecule has 0 saturated carbocycles. The Morgan fingerprint density at radius 2 is 1.91 bits per heavy atom. The maximum absolute atomic E-state index is 8.87. The highest BCUT2D eigenvalue weighted by Crippen LogP contribution is 2.33. The first-order valence-electron chi connectivity index (χ1n) is 6.90. The van der Waals surface area contributed by atoms with E-state index in [2.05, 4.69) is 35.1 Å². The van der Waals surface area contributed by atoms with Crippen LogP contribution in [0.1, 0.15) is 23.7 Å². The zero-order valence-electron chi connectivity index (χ0n) is 12.8. The van der Waals surface area contributed by atoms with Crippen molar-refractivity contribution in [1.29, 1.82) is 0 Å². The minimum Gasteiger partial charge on any atom is -0.232 e. The van der Waals surface area contributed by atoms with E-state index < -0.39 is 0 Å². The summed E-state index contributed by atoms with van der Waals surface area (Å²) in [5, 5.41) is 12.5. The predicted molar refractivity (Wildman–Crippen MR) is 84.8 cm³/mol.